The molecule has 8 heteroatoms. The fourth-order valence-electron chi connectivity index (χ4n) is 2.99. The third-order valence-corrected chi connectivity index (χ3v) is 5.42. The number of rotatable bonds is 6. The van der Waals surface area contributed by atoms with E-state index in [9.17, 15) is 9.59 Å². The summed E-state index contributed by atoms with van der Waals surface area (Å²) in [6, 6.07) is 7.02. The van der Waals surface area contributed by atoms with Gasteiger partial charge in [-0.25, -0.2) is 9.78 Å². The SMILES string of the molecule is COC(=O)C1(NC(=O)c2csc(COc3ccc(Cl)cc3)n2)CCCC1. The quantitative estimate of drug-likeness (QED) is 0.757. The van der Waals surface area contributed by atoms with E-state index >= 15 is 0 Å². The van der Waals surface area contributed by atoms with Gasteiger partial charge in [0.25, 0.3) is 5.91 Å². The molecule has 1 aromatic heterocycles. The zero-order valence-corrected chi connectivity index (χ0v) is 15.9. The van der Waals surface area contributed by atoms with Crippen LogP contribution >= 0.6 is 22.9 Å². The highest BCUT2D eigenvalue weighted by Crippen LogP contribution is 2.31. The minimum Gasteiger partial charge on any atom is -0.486 e. The van der Waals surface area contributed by atoms with Crippen molar-refractivity contribution in [2.24, 2.45) is 0 Å². The van der Waals surface area contributed by atoms with Gasteiger partial charge in [0, 0.05) is 10.4 Å². The summed E-state index contributed by atoms with van der Waals surface area (Å²) >= 11 is 7.17. The van der Waals surface area contributed by atoms with Gasteiger partial charge in [-0.1, -0.05) is 24.4 Å². The maximum absolute atomic E-state index is 12.5. The maximum Gasteiger partial charge on any atom is 0.331 e. The number of nitrogens with zero attached hydrogens (tertiary/aromatic N) is 1. The average molecular weight is 395 g/mol. The van der Waals surface area contributed by atoms with E-state index in [1.807, 2.05) is 0 Å². The van der Waals surface area contributed by atoms with Gasteiger partial charge in [0.1, 0.15) is 28.6 Å². The Labute approximate surface area is 160 Å². The molecule has 1 heterocycles. The highest BCUT2D eigenvalue weighted by molar-refractivity contribution is 7.09. The van der Waals surface area contributed by atoms with Crippen molar-refractivity contribution in [2.75, 3.05) is 7.11 Å². The molecule has 2 aromatic rings. The standard InChI is InChI=1S/C18H19ClN2O4S/c1-24-17(23)18(8-2-3-9-18)21-16(22)14-11-26-15(20-14)10-25-13-6-4-12(19)5-7-13/h4-7,11H,2-3,8-10H2,1H3,(H,21,22). The van der Waals surface area contributed by atoms with Crippen molar-refractivity contribution in [3.8, 4) is 5.75 Å². The van der Waals surface area contributed by atoms with E-state index in [0.29, 0.717) is 28.6 Å². The zero-order valence-electron chi connectivity index (χ0n) is 14.3. The van der Waals surface area contributed by atoms with Gasteiger partial charge in [0.2, 0.25) is 0 Å². The molecule has 1 N–H and O–H groups in total. The van der Waals surface area contributed by atoms with E-state index in [1.54, 1.807) is 29.6 Å². The van der Waals surface area contributed by atoms with Crippen LogP contribution in [0.5, 0.6) is 5.75 Å². The summed E-state index contributed by atoms with van der Waals surface area (Å²) in [6.45, 7) is 0.252. The Morgan fingerprint density at radius 2 is 1.96 bits per heavy atom. The maximum atomic E-state index is 12.5. The topological polar surface area (TPSA) is 77.5 Å². The fourth-order valence-corrected chi connectivity index (χ4v) is 3.80. The molecular weight excluding hydrogens is 376 g/mol. The fraction of sp³-hybridized carbons (Fsp3) is 0.389. The van der Waals surface area contributed by atoms with Crippen LogP contribution in [0.2, 0.25) is 5.02 Å². The number of hydrogen-bond donors (Lipinski definition) is 1. The van der Waals surface area contributed by atoms with Crippen LogP contribution in [0.3, 0.4) is 0 Å². The summed E-state index contributed by atoms with van der Waals surface area (Å²) in [6.07, 6.45) is 2.93. The van der Waals surface area contributed by atoms with E-state index < -0.39 is 11.5 Å². The first-order valence-corrected chi connectivity index (χ1v) is 9.52. The zero-order chi connectivity index (χ0) is 18.6. The lowest BCUT2D eigenvalue weighted by molar-refractivity contribution is -0.148. The monoisotopic (exact) mass is 394 g/mol. The first kappa shape index (κ1) is 18.7. The number of amides is 1. The highest BCUT2D eigenvalue weighted by atomic mass is 35.5. The molecule has 0 unspecified atom stereocenters. The van der Waals surface area contributed by atoms with Gasteiger partial charge < -0.3 is 14.8 Å². The molecule has 1 saturated carbocycles. The summed E-state index contributed by atoms with van der Waals surface area (Å²) in [5, 5.41) is 5.80. The van der Waals surface area contributed by atoms with Crippen LogP contribution in [0.25, 0.3) is 0 Å². The average Bonchev–Trinajstić information content (AvgIpc) is 3.31. The smallest absolute Gasteiger partial charge is 0.331 e. The number of nitrogens with one attached hydrogen (secondary N) is 1. The molecule has 1 aromatic carbocycles. The van der Waals surface area contributed by atoms with Gasteiger partial charge in [0.15, 0.2) is 0 Å². The minimum absolute atomic E-state index is 0.252. The number of carbonyl (C=O) groups excluding carboxylic acids is 2. The summed E-state index contributed by atoms with van der Waals surface area (Å²) in [7, 11) is 1.34. The van der Waals surface area contributed by atoms with Crippen molar-refractivity contribution in [1.29, 1.82) is 0 Å². The Hall–Kier alpha value is -2.12. The molecule has 0 saturated heterocycles. The van der Waals surface area contributed by atoms with Crippen molar-refractivity contribution < 1.29 is 19.1 Å². The lowest BCUT2D eigenvalue weighted by Gasteiger charge is -2.26. The summed E-state index contributed by atoms with van der Waals surface area (Å²) in [4.78, 5) is 28.9. The lowest BCUT2D eigenvalue weighted by atomic mass is 9.97. The van der Waals surface area contributed by atoms with Gasteiger partial charge in [-0.2, -0.15) is 0 Å². The molecule has 0 radical (unpaired) electrons. The molecule has 1 aliphatic carbocycles. The number of carbonyl (C=O) groups is 2. The molecule has 0 aliphatic heterocycles. The van der Waals surface area contributed by atoms with Gasteiger partial charge in [-0.15, -0.1) is 11.3 Å². The number of aromatic nitrogens is 1. The molecule has 0 bridgehead atoms. The first-order valence-electron chi connectivity index (χ1n) is 8.26. The normalized spacial score (nSPS) is 15.5. The molecule has 1 aliphatic rings. The van der Waals surface area contributed by atoms with Crippen LogP contribution in [0, 0.1) is 0 Å². The third kappa shape index (κ3) is 4.16. The van der Waals surface area contributed by atoms with Crippen LogP contribution in [0.1, 0.15) is 41.2 Å². The minimum atomic E-state index is -0.935. The Balaban J connectivity index is 1.62. The van der Waals surface area contributed by atoms with E-state index in [1.165, 1.54) is 18.4 Å². The number of thiazole rings is 1. The van der Waals surface area contributed by atoms with E-state index in [2.05, 4.69) is 10.3 Å². The van der Waals surface area contributed by atoms with Crippen LogP contribution in [0.15, 0.2) is 29.6 Å². The second-order valence-corrected chi connectivity index (χ2v) is 7.48. The summed E-state index contributed by atoms with van der Waals surface area (Å²) in [5.74, 6) is -0.0950. The predicted molar refractivity (Wildman–Crippen MR) is 98.6 cm³/mol. The summed E-state index contributed by atoms with van der Waals surface area (Å²) in [5.41, 5.74) is -0.657. The van der Waals surface area contributed by atoms with Crippen molar-refractivity contribution in [2.45, 2.75) is 37.8 Å². The molecule has 0 spiro atoms. The van der Waals surface area contributed by atoms with Crippen LogP contribution < -0.4 is 10.1 Å². The predicted octanol–water partition coefficient (Wildman–Crippen LogP) is 3.59. The van der Waals surface area contributed by atoms with E-state index in [0.717, 1.165) is 12.8 Å². The second-order valence-electron chi connectivity index (χ2n) is 6.10. The molecule has 3 rings (SSSR count). The molecule has 0 atom stereocenters. The number of ether oxygens (including phenoxy) is 2. The number of hydrogen-bond acceptors (Lipinski definition) is 6. The van der Waals surface area contributed by atoms with Gasteiger partial charge in [-0.05, 0) is 37.1 Å². The van der Waals surface area contributed by atoms with Gasteiger partial charge in [0.05, 0.1) is 7.11 Å². The lowest BCUT2D eigenvalue weighted by Crippen LogP contribution is -2.53. The Bertz CT molecular complexity index is 785. The number of esters is 1. The molecular formula is C18H19ClN2O4S. The van der Waals surface area contributed by atoms with Gasteiger partial charge >= 0.3 is 5.97 Å². The largest absolute Gasteiger partial charge is 0.486 e. The first-order chi connectivity index (χ1) is 12.5. The Morgan fingerprint density at radius 1 is 1.27 bits per heavy atom. The Morgan fingerprint density at radius 3 is 2.62 bits per heavy atom. The van der Waals surface area contributed by atoms with Crippen molar-refractivity contribution >= 4 is 34.8 Å². The number of benzene rings is 1. The third-order valence-electron chi connectivity index (χ3n) is 4.35. The highest BCUT2D eigenvalue weighted by Gasteiger charge is 2.43. The Kier molecular flexibility index (Phi) is 5.78. The number of halogens is 1. The second kappa shape index (κ2) is 8.05. The molecule has 26 heavy (non-hydrogen) atoms. The van der Waals surface area contributed by atoms with Crippen LogP contribution in [0.4, 0.5) is 0 Å². The van der Waals surface area contributed by atoms with E-state index in [-0.39, 0.29) is 18.2 Å². The van der Waals surface area contributed by atoms with Crippen LogP contribution in [-0.2, 0) is 16.1 Å². The van der Waals surface area contributed by atoms with Crippen molar-refractivity contribution in [3.05, 3.63) is 45.4 Å². The van der Waals surface area contributed by atoms with Crippen molar-refractivity contribution in [3.63, 3.8) is 0 Å². The van der Waals surface area contributed by atoms with E-state index in [4.69, 9.17) is 21.1 Å². The molecule has 6 nitrogen and oxygen atoms in total. The molecule has 138 valence electrons. The molecule has 1 amide bonds. The molecule has 1 fully saturated rings. The number of methoxy groups -OCH3 is 1. The summed E-state index contributed by atoms with van der Waals surface area (Å²) < 4.78 is 10.5. The van der Waals surface area contributed by atoms with Crippen LogP contribution in [-0.4, -0.2) is 29.5 Å². The van der Waals surface area contributed by atoms with Gasteiger partial charge in [-0.3, -0.25) is 4.79 Å². The van der Waals surface area contributed by atoms with Crippen molar-refractivity contribution in [1.82, 2.24) is 10.3 Å².